The van der Waals surface area contributed by atoms with E-state index in [1.54, 1.807) is 6.07 Å². The zero-order valence-electron chi connectivity index (χ0n) is 10.9. The standard InChI is InChI=1S/C14H13BrN4O/c1-9-2-4-11(5-3-9)20-8-13-17-18-14-12(16)6-10(15)7-19(13)14/h2-7H,8,16H2,1H3. The van der Waals surface area contributed by atoms with Gasteiger partial charge >= 0.3 is 0 Å². The monoisotopic (exact) mass is 332 g/mol. The predicted octanol–water partition coefficient (Wildman–Crippen LogP) is 2.96. The number of hydrogen-bond acceptors (Lipinski definition) is 4. The number of halogens is 1. The van der Waals surface area contributed by atoms with Gasteiger partial charge in [-0.2, -0.15) is 0 Å². The van der Waals surface area contributed by atoms with E-state index in [9.17, 15) is 0 Å². The van der Waals surface area contributed by atoms with Crippen molar-refractivity contribution >= 4 is 27.3 Å². The highest BCUT2D eigenvalue weighted by atomic mass is 79.9. The van der Waals surface area contributed by atoms with Crippen molar-refractivity contribution in [1.82, 2.24) is 14.6 Å². The molecule has 0 aliphatic rings. The van der Waals surface area contributed by atoms with Crippen LogP contribution >= 0.6 is 15.9 Å². The molecule has 0 radical (unpaired) electrons. The molecule has 0 atom stereocenters. The number of pyridine rings is 1. The van der Waals surface area contributed by atoms with E-state index >= 15 is 0 Å². The molecule has 0 bridgehead atoms. The maximum atomic E-state index is 5.90. The Bertz CT molecular complexity index is 752. The molecule has 0 amide bonds. The van der Waals surface area contributed by atoms with E-state index in [2.05, 4.69) is 26.1 Å². The molecule has 102 valence electrons. The Balaban J connectivity index is 1.86. The van der Waals surface area contributed by atoms with E-state index in [0.717, 1.165) is 10.2 Å². The number of ether oxygens (including phenoxy) is 1. The first kappa shape index (κ1) is 12.9. The fraction of sp³-hybridized carbons (Fsp3) is 0.143. The summed E-state index contributed by atoms with van der Waals surface area (Å²) in [6, 6.07) is 9.68. The van der Waals surface area contributed by atoms with Crippen molar-refractivity contribution in [2.45, 2.75) is 13.5 Å². The van der Waals surface area contributed by atoms with Crippen LogP contribution in [0.25, 0.3) is 5.65 Å². The second-order valence-corrected chi connectivity index (χ2v) is 5.44. The van der Waals surface area contributed by atoms with Gasteiger partial charge in [-0.1, -0.05) is 17.7 Å². The van der Waals surface area contributed by atoms with Gasteiger partial charge in [-0.3, -0.25) is 4.40 Å². The van der Waals surface area contributed by atoms with Crippen molar-refractivity contribution in [1.29, 1.82) is 0 Å². The lowest BCUT2D eigenvalue weighted by Gasteiger charge is -2.06. The lowest BCUT2D eigenvalue weighted by atomic mass is 10.2. The minimum absolute atomic E-state index is 0.333. The summed E-state index contributed by atoms with van der Waals surface area (Å²) in [6.45, 7) is 2.37. The fourth-order valence-electron chi connectivity index (χ4n) is 1.91. The van der Waals surface area contributed by atoms with Crippen LogP contribution in [0.4, 0.5) is 5.69 Å². The normalized spacial score (nSPS) is 10.9. The van der Waals surface area contributed by atoms with Crippen LogP contribution in [-0.4, -0.2) is 14.6 Å². The summed E-state index contributed by atoms with van der Waals surface area (Å²) >= 11 is 3.41. The van der Waals surface area contributed by atoms with Gasteiger partial charge in [-0.05, 0) is 41.1 Å². The minimum atomic E-state index is 0.333. The summed E-state index contributed by atoms with van der Waals surface area (Å²) in [7, 11) is 0. The number of anilines is 1. The molecule has 6 heteroatoms. The van der Waals surface area contributed by atoms with Crippen LogP contribution < -0.4 is 10.5 Å². The first-order chi connectivity index (χ1) is 9.63. The highest BCUT2D eigenvalue weighted by molar-refractivity contribution is 9.10. The quantitative estimate of drug-likeness (QED) is 0.800. The molecule has 0 saturated carbocycles. The molecule has 3 rings (SSSR count). The second-order valence-electron chi connectivity index (χ2n) is 4.53. The van der Waals surface area contributed by atoms with E-state index in [0.29, 0.717) is 23.8 Å². The number of nitrogens with two attached hydrogens (primary N) is 1. The number of fused-ring (bicyclic) bond motifs is 1. The van der Waals surface area contributed by atoms with Crippen molar-refractivity contribution in [3.63, 3.8) is 0 Å². The van der Waals surface area contributed by atoms with Crippen LogP contribution in [0.2, 0.25) is 0 Å². The third-order valence-corrected chi connectivity index (χ3v) is 3.39. The first-order valence-corrected chi connectivity index (χ1v) is 6.91. The SMILES string of the molecule is Cc1ccc(OCc2nnc3c(N)cc(Br)cn23)cc1. The highest BCUT2D eigenvalue weighted by Gasteiger charge is 2.09. The Kier molecular flexibility index (Phi) is 3.31. The molecule has 0 spiro atoms. The Labute approximate surface area is 124 Å². The van der Waals surface area contributed by atoms with Gasteiger partial charge < -0.3 is 10.5 Å². The molecule has 3 aromatic rings. The average molecular weight is 333 g/mol. The molecular weight excluding hydrogens is 320 g/mol. The van der Waals surface area contributed by atoms with E-state index in [1.165, 1.54) is 5.56 Å². The molecule has 5 nitrogen and oxygen atoms in total. The molecule has 0 aliphatic heterocycles. The summed E-state index contributed by atoms with van der Waals surface area (Å²) in [4.78, 5) is 0. The van der Waals surface area contributed by atoms with Crippen molar-refractivity contribution in [2.75, 3.05) is 5.73 Å². The number of rotatable bonds is 3. The van der Waals surface area contributed by atoms with Gasteiger partial charge in [0.05, 0.1) is 5.69 Å². The molecule has 2 N–H and O–H groups in total. The minimum Gasteiger partial charge on any atom is -0.486 e. The van der Waals surface area contributed by atoms with Gasteiger partial charge in [0.15, 0.2) is 11.5 Å². The van der Waals surface area contributed by atoms with Crippen LogP contribution in [0, 0.1) is 6.92 Å². The smallest absolute Gasteiger partial charge is 0.184 e. The van der Waals surface area contributed by atoms with Gasteiger partial charge in [0.1, 0.15) is 12.4 Å². The Hall–Kier alpha value is -2.08. The molecule has 1 aromatic carbocycles. The number of aryl methyl sites for hydroxylation is 1. The summed E-state index contributed by atoms with van der Waals surface area (Å²) in [6.07, 6.45) is 1.87. The zero-order valence-corrected chi connectivity index (χ0v) is 12.5. The number of nitrogens with zero attached hydrogens (tertiary/aromatic N) is 3. The summed E-state index contributed by atoms with van der Waals surface area (Å²) in [5.41, 5.74) is 8.31. The van der Waals surface area contributed by atoms with Crippen molar-refractivity contribution in [3.8, 4) is 5.75 Å². The summed E-state index contributed by atoms with van der Waals surface area (Å²) in [5.74, 6) is 1.50. The fourth-order valence-corrected chi connectivity index (χ4v) is 2.36. The van der Waals surface area contributed by atoms with Crippen LogP contribution in [0.1, 0.15) is 11.4 Å². The third-order valence-electron chi connectivity index (χ3n) is 2.96. The number of nitrogen functional groups attached to an aromatic ring is 1. The van der Waals surface area contributed by atoms with Gasteiger partial charge in [-0.15, -0.1) is 10.2 Å². The van der Waals surface area contributed by atoms with E-state index in [-0.39, 0.29) is 0 Å². The molecule has 0 saturated heterocycles. The van der Waals surface area contributed by atoms with Gasteiger partial charge in [0.25, 0.3) is 0 Å². The molecule has 2 aromatic heterocycles. The van der Waals surface area contributed by atoms with Crippen LogP contribution in [0.3, 0.4) is 0 Å². The average Bonchev–Trinajstić information content (AvgIpc) is 2.81. The van der Waals surface area contributed by atoms with Crippen LogP contribution in [0.5, 0.6) is 5.75 Å². The first-order valence-electron chi connectivity index (χ1n) is 6.11. The molecular formula is C14H13BrN4O. The van der Waals surface area contributed by atoms with Crippen LogP contribution in [-0.2, 0) is 6.61 Å². The predicted molar refractivity (Wildman–Crippen MR) is 80.6 cm³/mol. The molecule has 0 fully saturated rings. The van der Waals surface area contributed by atoms with E-state index in [1.807, 2.05) is 41.8 Å². The summed E-state index contributed by atoms with van der Waals surface area (Å²) < 4.78 is 8.41. The van der Waals surface area contributed by atoms with Crippen molar-refractivity contribution in [2.24, 2.45) is 0 Å². The zero-order chi connectivity index (χ0) is 14.1. The maximum Gasteiger partial charge on any atom is 0.184 e. The maximum absolute atomic E-state index is 5.90. The number of aromatic nitrogens is 3. The molecule has 20 heavy (non-hydrogen) atoms. The summed E-state index contributed by atoms with van der Waals surface area (Å²) in [5, 5.41) is 8.19. The Morgan fingerprint density at radius 1 is 1.25 bits per heavy atom. The second kappa shape index (κ2) is 5.13. The molecule has 0 aliphatic carbocycles. The lowest BCUT2D eigenvalue weighted by Crippen LogP contribution is -2.02. The van der Waals surface area contributed by atoms with Gasteiger partial charge in [0, 0.05) is 10.7 Å². The topological polar surface area (TPSA) is 65.4 Å². The largest absolute Gasteiger partial charge is 0.486 e. The lowest BCUT2D eigenvalue weighted by molar-refractivity contribution is 0.294. The van der Waals surface area contributed by atoms with E-state index in [4.69, 9.17) is 10.5 Å². The third kappa shape index (κ3) is 2.46. The van der Waals surface area contributed by atoms with Crippen LogP contribution in [0.15, 0.2) is 41.0 Å². The van der Waals surface area contributed by atoms with Gasteiger partial charge in [0.2, 0.25) is 0 Å². The molecule has 0 unspecified atom stereocenters. The highest BCUT2D eigenvalue weighted by Crippen LogP contribution is 2.20. The Morgan fingerprint density at radius 3 is 2.75 bits per heavy atom. The van der Waals surface area contributed by atoms with Gasteiger partial charge in [-0.25, -0.2) is 0 Å². The van der Waals surface area contributed by atoms with E-state index < -0.39 is 0 Å². The number of hydrogen-bond donors (Lipinski definition) is 1. The molecule has 2 heterocycles. The van der Waals surface area contributed by atoms with Crippen molar-refractivity contribution < 1.29 is 4.74 Å². The number of benzene rings is 1. The Morgan fingerprint density at radius 2 is 2.00 bits per heavy atom. The van der Waals surface area contributed by atoms with Crippen molar-refractivity contribution in [3.05, 3.63) is 52.4 Å².